The normalized spacial score (nSPS) is 14.6. The summed E-state index contributed by atoms with van der Waals surface area (Å²) in [5, 5.41) is 22.5. The quantitative estimate of drug-likeness (QED) is 0.701. The first-order valence-corrected chi connectivity index (χ1v) is 6.29. The molecule has 0 aliphatic carbocycles. The number of benzene rings is 1. The molecule has 0 saturated heterocycles. The number of halogens is 1. The minimum atomic E-state index is -0.524. The zero-order valence-electron chi connectivity index (χ0n) is 10.1. The molecule has 1 aromatic carbocycles. The lowest BCUT2D eigenvalue weighted by Crippen LogP contribution is -2.30. The molecule has 0 radical (unpaired) electrons. The van der Waals surface area contributed by atoms with Gasteiger partial charge in [0, 0.05) is 24.2 Å². The summed E-state index contributed by atoms with van der Waals surface area (Å²) in [4.78, 5) is 0. The Bertz CT molecular complexity index is 316. The standard InChI is InChI=1S/C13H20ClNO2/c1-10(3-2-8-16)15-9-13(17)11-4-6-12(14)7-5-11/h4-7,10,13,15-17H,2-3,8-9H2,1H3. The van der Waals surface area contributed by atoms with Gasteiger partial charge < -0.3 is 15.5 Å². The number of nitrogens with one attached hydrogen (secondary N) is 1. The summed E-state index contributed by atoms with van der Waals surface area (Å²) < 4.78 is 0. The van der Waals surface area contributed by atoms with Crippen molar-refractivity contribution in [2.24, 2.45) is 0 Å². The van der Waals surface area contributed by atoms with E-state index in [2.05, 4.69) is 5.32 Å². The second-order valence-corrected chi connectivity index (χ2v) is 4.68. The number of aliphatic hydroxyl groups is 2. The highest BCUT2D eigenvalue weighted by Gasteiger charge is 2.09. The van der Waals surface area contributed by atoms with E-state index < -0.39 is 6.10 Å². The van der Waals surface area contributed by atoms with Crippen molar-refractivity contribution in [3.63, 3.8) is 0 Å². The molecule has 0 bridgehead atoms. The van der Waals surface area contributed by atoms with Gasteiger partial charge in [-0.3, -0.25) is 0 Å². The first-order chi connectivity index (χ1) is 8.13. The van der Waals surface area contributed by atoms with Gasteiger partial charge in [0.15, 0.2) is 0 Å². The van der Waals surface area contributed by atoms with Gasteiger partial charge in [0.25, 0.3) is 0 Å². The predicted molar refractivity (Wildman–Crippen MR) is 70.2 cm³/mol. The second-order valence-electron chi connectivity index (χ2n) is 4.24. The van der Waals surface area contributed by atoms with Crippen LogP contribution in [0.3, 0.4) is 0 Å². The van der Waals surface area contributed by atoms with E-state index in [1.807, 2.05) is 19.1 Å². The third-order valence-electron chi connectivity index (χ3n) is 2.71. The van der Waals surface area contributed by atoms with Crippen molar-refractivity contribution >= 4 is 11.6 Å². The Balaban J connectivity index is 2.34. The number of hydrogen-bond donors (Lipinski definition) is 3. The molecule has 96 valence electrons. The summed E-state index contributed by atoms with van der Waals surface area (Å²) >= 11 is 5.78. The van der Waals surface area contributed by atoms with E-state index in [0.717, 1.165) is 18.4 Å². The SMILES string of the molecule is CC(CCCO)NCC(O)c1ccc(Cl)cc1. The monoisotopic (exact) mass is 257 g/mol. The van der Waals surface area contributed by atoms with Crippen LogP contribution in [0, 0.1) is 0 Å². The van der Waals surface area contributed by atoms with Crippen LogP contribution < -0.4 is 5.32 Å². The molecule has 2 unspecified atom stereocenters. The molecular weight excluding hydrogens is 238 g/mol. The fraction of sp³-hybridized carbons (Fsp3) is 0.538. The number of rotatable bonds is 7. The largest absolute Gasteiger partial charge is 0.396 e. The van der Waals surface area contributed by atoms with E-state index in [-0.39, 0.29) is 6.61 Å². The van der Waals surface area contributed by atoms with E-state index >= 15 is 0 Å². The minimum absolute atomic E-state index is 0.214. The molecule has 0 heterocycles. The minimum Gasteiger partial charge on any atom is -0.396 e. The second kappa shape index (κ2) is 7.67. The average Bonchev–Trinajstić information content (AvgIpc) is 2.34. The van der Waals surface area contributed by atoms with Crippen LogP contribution in [-0.4, -0.2) is 29.4 Å². The fourth-order valence-corrected chi connectivity index (χ4v) is 1.74. The van der Waals surface area contributed by atoms with Gasteiger partial charge in [0.2, 0.25) is 0 Å². The Labute approximate surface area is 107 Å². The smallest absolute Gasteiger partial charge is 0.0914 e. The summed E-state index contributed by atoms with van der Waals surface area (Å²) in [6.07, 6.45) is 1.17. The molecule has 4 heteroatoms. The highest BCUT2D eigenvalue weighted by molar-refractivity contribution is 6.30. The molecule has 1 aromatic rings. The highest BCUT2D eigenvalue weighted by Crippen LogP contribution is 2.15. The average molecular weight is 258 g/mol. The van der Waals surface area contributed by atoms with Crippen LogP contribution in [0.25, 0.3) is 0 Å². The lowest BCUT2D eigenvalue weighted by molar-refractivity contribution is 0.169. The molecule has 2 atom stereocenters. The van der Waals surface area contributed by atoms with E-state index in [0.29, 0.717) is 17.6 Å². The molecule has 1 rings (SSSR count). The summed E-state index contributed by atoms with van der Waals surface area (Å²) in [6.45, 7) is 2.77. The fourth-order valence-electron chi connectivity index (χ4n) is 1.62. The molecule has 0 spiro atoms. The van der Waals surface area contributed by atoms with Crippen LogP contribution >= 0.6 is 11.6 Å². The van der Waals surface area contributed by atoms with Gasteiger partial charge in [-0.25, -0.2) is 0 Å². The van der Waals surface area contributed by atoms with Crippen LogP contribution in [-0.2, 0) is 0 Å². The summed E-state index contributed by atoms with van der Waals surface area (Å²) in [5.74, 6) is 0. The Morgan fingerprint density at radius 3 is 2.53 bits per heavy atom. The first-order valence-electron chi connectivity index (χ1n) is 5.91. The molecule has 0 aromatic heterocycles. The maximum Gasteiger partial charge on any atom is 0.0914 e. The van der Waals surface area contributed by atoms with Gasteiger partial charge in [-0.2, -0.15) is 0 Å². The van der Waals surface area contributed by atoms with Crippen LogP contribution in [0.5, 0.6) is 0 Å². The van der Waals surface area contributed by atoms with E-state index in [1.165, 1.54) is 0 Å². The molecular formula is C13H20ClNO2. The van der Waals surface area contributed by atoms with Gasteiger partial charge in [-0.05, 0) is 37.5 Å². The Hall–Kier alpha value is -0.610. The number of hydrogen-bond acceptors (Lipinski definition) is 3. The van der Waals surface area contributed by atoms with Gasteiger partial charge in [0.05, 0.1) is 6.10 Å². The molecule has 17 heavy (non-hydrogen) atoms. The van der Waals surface area contributed by atoms with Crippen LogP contribution in [0.4, 0.5) is 0 Å². The van der Waals surface area contributed by atoms with Crippen molar-refractivity contribution in [2.75, 3.05) is 13.2 Å². The lowest BCUT2D eigenvalue weighted by atomic mass is 10.1. The number of aliphatic hydroxyl groups excluding tert-OH is 2. The topological polar surface area (TPSA) is 52.5 Å². The third-order valence-corrected chi connectivity index (χ3v) is 2.96. The zero-order chi connectivity index (χ0) is 12.7. The van der Waals surface area contributed by atoms with Crippen LogP contribution in [0.2, 0.25) is 5.02 Å². The van der Waals surface area contributed by atoms with E-state index in [1.54, 1.807) is 12.1 Å². The van der Waals surface area contributed by atoms with Gasteiger partial charge in [-0.1, -0.05) is 23.7 Å². The molecule has 0 aliphatic rings. The molecule has 0 aliphatic heterocycles. The van der Waals surface area contributed by atoms with Crippen molar-refractivity contribution in [2.45, 2.75) is 31.9 Å². The third kappa shape index (κ3) is 5.50. The summed E-state index contributed by atoms with van der Waals surface area (Å²) in [6, 6.07) is 7.49. The van der Waals surface area contributed by atoms with Gasteiger partial charge in [-0.15, -0.1) is 0 Å². The van der Waals surface area contributed by atoms with Crippen molar-refractivity contribution in [3.8, 4) is 0 Å². The Kier molecular flexibility index (Phi) is 6.52. The Morgan fingerprint density at radius 1 is 1.29 bits per heavy atom. The maximum absolute atomic E-state index is 9.93. The van der Waals surface area contributed by atoms with Crippen molar-refractivity contribution < 1.29 is 10.2 Å². The van der Waals surface area contributed by atoms with Crippen molar-refractivity contribution in [3.05, 3.63) is 34.9 Å². The molecule has 0 amide bonds. The maximum atomic E-state index is 9.93. The zero-order valence-corrected chi connectivity index (χ0v) is 10.8. The highest BCUT2D eigenvalue weighted by atomic mass is 35.5. The molecule has 0 fully saturated rings. The molecule has 3 nitrogen and oxygen atoms in total. The molecule has 0 saturated carbocycles. The van der Waals surface area contributed by atoms with Crippen molar-refractivity contribution in [1.29, 1.82) is 0 Å². The summed E-state index contributed by atoms with van der Waals surface area (Å²) in [5.41, 5.74) is 0.858. The first kappa shape index (κ1) is 14.5. The Morgan fingerprint density at radius 2 is 1.94 bits per heavy atom. The predicted octanol–water partition coefficient (Wildman–Crippen LogP) is 2.12. The van der Waals surface area contributed by atoms with Crippen molar-refractivity contribution in [1.82, 2.24) is 5.32 Å². The van der Waals surface area contributed by atoms with E-state index in [4.69, 9.17) is 16.7 Å². The molecule has 3 N–H and O–H groups in total. The lowest BCUT2D eigenvalue weighted by Gasteiger charge is -2.17. The summed E-state index contributed by atoms with van der Waals surface area (Å²) in [7, 11) is 0. The van der Waals surface area contributed by atoms with Crippen LogP contribution in [0.1, 0.15) is 31.4 Å². The van der Waals surface area contributed by atoms with Crippen LogP contribution in [0.15, 0.2) is 24.3 Å². The van der Waals surface area contributed by atoms with E-state index in [9.17, 15) is 5.11 Å². The van der Waals surface area contributed by atoms with Gasteiger partial charge in [0.1, 0.15) is 0 Å². The van der Waals surface area contributed by atoms with Gasteiger partial charge >= 0.3 is 0 Å².